The lowest BCUT2D eigenvalue weighted by Gasteiger charge is -2.43. The summed E-state index contributed by atoms with van der Waals surface area (Å²) in [4.78, 5) is 0. The Morgan fingerprint density at radius 2 is 1.80 bits per heavy atom. The first kappa shape index (κ1) is 19.9. The highest BCUT2D eigenvalue weighted by Crippen LogP contribution is 2.39. The molecule has 0 aliphatic heterocycles. The van der Waals surface area contributed by atoms with Crippen molar-refractivity contribution in [3.8, 4) is 0 Å². The minimum Gasteiger partial charge on any atom is -0.387 e. The van der Waals surface area contributed by atoms with Crippen molar-refractivity contribution in [1.82, 2.24) is 0 Å². The first-order valence-electron chi connectivity index (χ1n) is 8.26. The second kappa shape index (κ2) is 9.01. The maximum atomic E-state index is 10.7. The fraction of sp³-hybridized carbons (Fsp3) is 1.00. The molecule has 4 atom stereocenters. The molecule has 1 unspecified atom stereocenters. The van der Waals surface area contributed by atoms with Crippen LogP contribution in [-0.4, -0.2) is 30.5 Å². The zero-order chi connectivity index (χ0) is 15.8. The van der Waals surface area contributed by atoms with E-state index in [4.69, 9.17) is 10.5 Å². The summed E-state index contributed by atoms with van der Waals surface area (Å²) >= 11 is 0. The third kappa shape index (κ3) is 5.34. The molecule has 0 aliphatic carbocycles. The van der Waals surface area contributed by atoms with Gasteiger partial charge in [-0.05, 0) is 30.6 Å². The van der Waals surface area contributed by atoms with E-state index in [-0.39, 0.29) is 11.5 Å². The van der Waals surface area contributed by atoms with Crippen LogP contribution in [0, 0.1) is 11.3 Å². The fourth-order valence-corrected chi connectivity index (χ4v) is 3.35. The quantitative estimate of drug-likeness (QED) is 0.609. The summed E-state index contributed by atoms with van der Waals surface area (Å²) in [6.07, 6.45) is 5.73. The van der Waals surface area contributed by atoms with Crippen molar-refractivity contribution in [3.05, 3.63) is 0 Å². The Morgan fingerprint density at radius 1 is 1.20 bits per heavy atom. The van der Waals surface area contributed by atoms with Gasteiger partial charge >= 0.3 is 0 Å². The SMILES string of the molecule is CCC[C@H](C)[C@@](C)(CC)C(N)C[C@](O)(CCC)COC. The van der Waals surface area contributed by atoms with Crippen LogP contribution < -0.4 is 5.73 Å². The van der Waals surface area contributed by atoms with Crippen LogP contribution in [0.2, 0.25) is 0 Å². The molecule has 0 heterocycles. The van der Waals surface area contributed by atoms with Crippen LogP contribution in [0.4, 0.5) is 0 Å². The fourth-order valence-electron chi connectivity index (χ4n) is 3.35. The Balaban J connectivity index is 4.94. The summed E-state index contributed by atoms with van der Waals surface area (Å²) in [6, 6.07) is 0.000694. The van der Waals surface area contributed by atoms with Crippen molar-refractivity contribution in [3.63, 3.8) is 0 Å². The van der Waals surface area contributed by atoms with Crippen LogP contribution in [0.15, 0.2) is 0 Å². The Labute approximate surface area is 126 Å². The topological polar surface area (TPSA) is 55.5 Å². The van der Waals surface area contributed by atoms with Gasteiger partial charge in [-0.15, -0.1) is 0 Å². The minimum atomic E-state index is -0.786. The van der Waals surface area contributed by atoms with Crippen LogP contribution >= 0.6 is 0 Å². The van der Waals surface area contributed by atoms with E-state index in [1.165, 1.54) is 12.8 Å². The zero-order valence-corrected chi connectivity index (χ0v) is 14.5. The molecule has 0 aliphatic rings. The van der Waals surface area contributed by atoms with Crippen molar-refractivity contribution < 1.29 is 9.84 Å². The van der Waals surface area contributed by atoms with Crippen molar-refractivity contribution in [1.29, 1.82) is 0 Å². The molecule has 122 valence electrons. The van der Waals surface area contributed by atoms with E-state index in [1.807, 2.05) is 0 Å². The Hall–Kier alpha value is -0.120. The lowest BCUT2D eigenvalue weighted by molar-refractivity contribution is -0.0601. The number of methoxy groups -OCH3 is 1. The number of hydrogen-bond acceptors (Lipinski definition) is 3. The Morgan fingerprint density at radius 3 is 2.20 bits per heavy atom. The second-order valence-corrected chi connectivity index (χ2v) is 6.77. The molecular weight excluding hydrogens is 250 g/mol. The largest absolute Gasteiger partial charge is 0.387 e. The second-order valence-electron chi connectivity index (χ2n) is 6.77. The van der Waals surface area contributed by atoms with Gasteiger partial charge in [0.05, 0.1) is 12.2 Å². The lowest BCUT2D eigenvalue weighted by Crippen LogP contribution is -2.50. The molecule has 3 N–H and O–H groups in total. The molecule has 0 amide bonds. The number of hydrogen-bond donors (Lipinski definition) is 2. The van der Waals surface area contributed by atoms with Crippen LogP contribution in [0.25, 0.3) is 0 Å². The molecule has 0 aromatic carbocycles. The van der Waals surface area contributed by atoms with E-state index in [1.54, 1.807) is 7.11 Å². The Kier molecular flexibility index (Phi) is 8.96. The third-order valence-electron chi connectivity index (χ3n) is 5.18. The molecular formula is C17H37NO2. The molecule has 3 nitrogen and oxygen atoms in total. The lowest BCUT2D eigenvalue weighted by atomic mass is 9.66. The van der Waals surface area contributed by atoms with Crippen LogP contribution in [-0.2, 0) is 4.74 Å². The number of rotatable bonds is 11. The normalized spacial score (nSPS) is 21.0. The molecule has 0 saturated carbocycles. The molecule has 0 rings (SSSR count). The van der Waals surface area contributed by atoms with Gasteiger partial charge in [0.2, 0.25) is 0 Å². The minimum absolute atomic E-state index is 0.000694. The van der Waals surface area contributed by atoms with Crippen molar-refractivity contribution in [2.75, 3.05) is 13.7 Å². The first-order chi connectivity index (χ1) is 9.29. The van der Waals surface area contributed by atoms with Gasteiger partial charge in [-0.25, -0.2) is 0 Å². The maximum Gasteiger partial charge on any atom is 0.0894 e. The molecule has 0 saturated heterocycles. The summed E-state index contributed by atoms with van der Waals surface area (Å²) in [7, 11) is 1.64. The molecule has 0 aromatic heterocycles. The molecule has 0 radical (unpaired) electrons. The summed E-state index contributed by atoms with van der Waals surface area (Å²) in [6.45, 7) is 11.5. The molecule has 3 heteroatoms. The summed E-state index contributed by atoms with van der Waals surface area (Å²) in [5, 5.41) is 10.7. The highest BCUT2D eigenvalue weighted by atomic mass is 16.5. The van der Waals surface area contributed by atoms with Crippen LogP contribution in [0.3, 0.4) is 0 Å². The van der Waals surface area contributed by atoms with E-state index in [2.05, 4.69) is 34.6 Å². The summed E-state index contributed by atoms with van der Waals surface area (Å²) < 4.78 is 5.21. The summed E-state index contributed by atoms with van der Waals surface area (Å²) in [5.41, 5.74) is 5.81. The number of aliphatic hydroxyl groups is 1. The maximum absolute atomic E-state index is 10.7. The van der Waals surface area contributed by atoms with E-state index in [0.717, 1.165) is 19.3 Å². The third-order valence-corrected chi connectivity index (χ3v) is 5.18. The van der Waals surface area contributed by atoms with E-state index in [0.29, 0.717) is 18.9 Å². The van der Waals surface area contributed by atoms with Crippen molar-refractivity contribution >= 4 is 0 Å². The summed E-state index contributed by atoms with van der Waals surface area (Å²) in [5.74, 6) is 0.570. The average molecular weight is 287 g/mol. The van der Waals surface area contributed by atoms with Gasteiger partial charge < -0.3 is 15.6 Å². The van der Waals surface area contributed by atoms with Gasteiger partial charge in [0, 0.05) is 13.2 Å². The zero-order valence-electron chi connectivity index (χ0n) is 14.5. The monoisotopic (exact) mass is 287 g/mol. The van der Waals surface area contributed by atoms with E-state index < -0.39 is 5.60 Å². The molecule has 0 fully saturated rings. The molecule has 0 bridgehead atoms. The molecule has 20 heavy (non-hydrogen) atoms. The van der Waals surface area contributed by atoms with Gasteiger partial charge in [0.15, 0.2) is 0 Å². The molecule has 0 aromatic rings. The van der Waals surface area contributed by atoms with Crippen LogP contribution in [0.1, 0.15) is 73.1 Å². The van der Waals surface area contributed by atoms with E-state index >= 15 is 0 Å². The van der Waals surface area contributed by atoms with Gasteiger partial charge in [-0.3, -0.25) is 0 Å². The average Bonchev–Trinajstić information content (AvgIpc) is 2.38. The smallest absolute Gasteiger partial charge is 0.0894 e. The van der Waals surface area contributed by atoms with Gasteiger partial charge in [0.1, 0.15) is 0 Å². The van der Waals surface area contributed by atoms with Gasteiger partial charge in [-0.2, -0.15) is 0 Å². The van der Waals surface area contributed by atoms with Gasteiger partial charge in [0.25, 0.3) is 0 Å². The highest BCUT2D eigenvalue weighted by Gasteiger charge is 2.39. The van der Waals surface area contributed by atoms with Crippen molar-refractivity contribution in [2.24, 2.45) is 17.1 Å². The predicted octanol–water partition coefficient (Wildman–Crippen LogP) is 3.73. The van der Waals surface area contributed by atoms with E-state index in [9.17, 15) is 5.11 Å². The predicted molar refractivity (Wildman–Crippen MR) is 86.8 cm³/mol. The highest BCUT2D eigenvalue weighted by molar-refractivity contribution is 4.94. The number of nitrogens with two attached hydrogens (primary N) is 1. The van der Waals surface area contributed by atoms with Crippen LogP contribution in [0.5, 0.6) is 0 Å². The first-order valence-corrected chi connectivity index (χ1v) is 8.26. The number of ether oxygens (including phenoxy) is 1. The molecule has 0 spiro atoms. The van der Waals surface area contributed by atoms with Crippen molar-refractivity contribution in [2.45, 2.75) is 84.8 Å². The standard InChI is InChI=1S/C17H37NO2/c1-7-10-14(4)16(5,9-3)15(18)12-17(19,11-8-2)13-20-6/h14-15,19H,7-13,18H2,1-6H3/t14-,15?,16+,17+/m0/s1. The van der Waals surface area contributed by atoms with Gasteiger partial charge in [-0.1, -0.05) is 53.9 Å². The Bertz CT molecular complexity index is 251.